The highest BCUT2D eigenvalue weighted by atomic mass is 79.9. The fourth-order valence-corrected chi connectivity index (χ4v) is 4.37. The molecule has 3 atom stereocenters. The van der Waals surface area contributed by atoms with Crippen molar-refractivity contribution in [3.05, 3.63) is 27.8 Å². The van der Waals surface area contributed by atoms with Gasteiger partial charge in [0, 0.05) is 22.5 Å². The van der Waals surface area contributed by atoms with Gasteiger partial charge in [0.2, 0.25) is 6.04 Å². The summed E-state index contributed by atoms with van der Waals surface area (Å²) >= 11 is 9.60. The van der Waals surface area contributed by atoms with Crippen LogP contribution in [0.3, 0.4) is 0 Å². The summed E-state index contributed by atoms with van der Waals surface area (Å²) in [5, 5.41) is 5.23. The first-order chi connectivity index (χ1) is 14.9. The Bertz CT molecular complexity index is 1050. The van der Waals surface area contributed by atoms with Crippen molar-refractivity contribution in [3.63, 3.8) is 0 Å². The van der Waals surface area contributed by atoms with Gasteiger partial charge in [0.1, 0.15) is 11.8 Å². The van der Waals surface area contributed by atoms with Crippen molar-refractivity contribution >= 4 is 56.3 Å². The SMILES string of the molecule is CCOC(=O)[C@@H](C(=O)[C@@H]1C[C@@H](F)CN1C(=O)OC(C)(C)C)n1cc2c(Cl)cc(Br)cc2n1. The maximum atomic E-state index is 14.3. The molecule has 0 aliphatic carbocycles. The van der Waals surface area contributed by atoms with E-state index in [9.17, 15) is 18.8 Å². The van der Waals surface area contributed by atoms with Crippen LogP contribution in [0.1, 0.15) is 40.2 Å². The Morgan fingerprint density at radius 1 is 1.34 bits per heavy atom. The molecule has 32 heavy (non-hydrogen) atoms. The van der Waals surface area contributed by atoms with Crippen LogP contribution in [0.25, 0.3) is 10.9 Å². The van der Waals surface area contributed by atoms with Crippen molar-refractivity contribution in [3.8, 4) is 0 Å². The molecule has 1 aromatic heterocycles. The van der Waals surface area contributed by atoms with Gasteiger partial charge in [-0.05, 0) is 39.8 Å². The number of nitrogens with zero attached hydrogens (tertiary/aromatic N) is 3. The third-order valence-electron chi connectivity index (χ3n) is 4.81. The number of benzene rings is 1. The summed E-state index contributed by atoms with van der Waals surface area (Å²) in [5.41, 5.74) is -0.381. The minimum Gasteiger partial charge on any atom is -0.464 e. The number of likely N-dealkylation sites (tertiary alicyclic amines) is 1. The second kappa shape index (κ2) is 9.35. The standard InChI is InChI=1S/C21H24BrClFN3O5/c1-5-31-19(29)17(27-10-13-14(23)6-11(22)7-15(13)25-27)18(28)16-8-12(24)9-26(16)20(30)32-21(2,3)4/h6-7,10,12,16-17H,5,8-9H2,1-4H3/t12-,16+,17-/m1/s1. The van der Waals surface area contributed by atoms with E-state index in [2.05, 4.69) is 21.0 Å². The summed E-state index contributed by atoms with van der Waals surface area (Å²) in [4.78, 5) is 39.9. The summed E-state index contributed by atoms with van der Waals surface area (Å²) in [5.74, 6) is -1.57. The van der Waals surface area contributed by atoms with Crippen LogP contribution in [-0.2, 0) is 19.1 Å². The van der Waals surface area contributed by atoms with E-state index >= 15 is 0 Å². The molecule has 0 spiro atoms. The zero-order chi connectivity index (χ0) is 23.8. The number of carbonyl (C=O) groups excluding carboxylic acids is 3. The van der Waals surface area contributed by atoms with Gasteiger partial charge >= 0.3 is 12.1 Å². The number of Topliss-reactive ketones (excluding diaryl/α,β-unsaturated/α-hetero) is 1. The van der Waals surface area contributed by atoms with Crippen LogP contribution in [0.4, 0.5) is 9.18 Å². The Morgan fingerprint density at radius 2 is 2.03 bits per heavy atom. The second-order valence-electron chi connectivity index (χ2n) is 8.47. The summed E-state index contributed by atoms with van der Waals surface area (Å²) in [7, 11) is 0. The van der Waals surface area contributed by atoms with Gasteiger partial charge in [-0.3, -0.25) is 9.69 Å². The van der Waals surface area contributed by atoms with Gasteiger partial charge < -0.3 is 9.47 Å². The van der Waals surface area contributed by atoms with E-state index in [0.717, 1.165) is 9.58 Å². The topological polar surface area (TPSA) is 90.7 Å². The number of esters is 1. The number of ketones is 1. The molecule has 0 N–H and O–H groups in total. The first-order valence-electron chi connectivity index (χ1n) is 10.1. The van der Waals surface area contributed by atoms with Crippen LogP contribution in [0.2, 0.25) is 5.02 Å². The van der Waals surface area contributed by atoms with Crippen molar-refractivity contribution in [1.82, 2.24) is 14.7 Å². The molecule has 174 valence electrons. The Kier molecular flexibility index (Phi) is 7.14. The number of ether oxygens (including phenoxy) is 2. The predicted molar refractivity (Wildman–Crippen MR) is 119 cm³/mol. The number of carbonyl (C=O) groups is 3. The molecule has 1 saturated heterocycles. The minimum atomic E-state index is -1.52. The van der Waals surface area contributed by atoms with E-state index in [4.69, 9.17) is 21.1 Å². The number of halogens is 3. The molecule has 8 nitrogen and oxygen atoms in total. The fourth-order valence-electron chi connectivity index (χ4n) is 3.53. The van der Waals surface area contributed by atoms with Crippen molar-refractivity contribution in [2.75, 3.05) is 13.2 Å². The minimum absolute atomic E-state index is 0.0297. The van der Waals surface area contributed by atoms with E-state index in [1.165, 1.54) is 6.20 Å². The molecular weight excluding hydrogens is 509 g/mol. The molecule has 1 aromatic carbocycles. The van der Waals surface area contributed by atoms with Crippen LogP contribution in [0.15, 0.2) is 22.8 Å². The summed E-state index contributed by atoms with van der Waals surface area (Å²) in [6, 6.07) is 0.623. The first kappa shape index (κ1) is 24.4. The third-order valence-corrected chi connectivity index (χ3v) is 5.58. The van der Waals surface area contributed by atoms with Gasteiger partial charge in [-0.1, -0.05) is 27.5 Å². The lowest BCUT2D eigenvalue weighted by Crippen LogP contribution is -2.47. The van der Waals surface area contributed by atoms with E-state index in [-0.39, 0.29) is 19.6 Å². The van der Waals surface area contributed by atoms with E-state index in [1.54, 1.807) is 39.8 Å². The number of aromatic nitrogens is 2. The van der Waals surface area contributed by atoms with Crippen molar-refractivity contribution in [1.29, 1.82) is 0 Å². The molecule has 11 heteroatoms. The second-order valence-corrected chi connectivity index (χ2v) is 9.79. The predicted octanol–water partition coefficient (Wildman–Crippen LogP) is 4.47. The largest absolute Gasteiger partial charge is 0.464 e. The zero-order valence-electron chi connectivity index (χ0n) is 18.1. The molecule has 3 rings (SSSR count). The van der Waals surface area contributed by atoms with E-state index in [0.29, 0.717) is 20.4 Å². The Labute approximate surface area is 198 Å². The zero-order valence-corrected chi connectivity index (χ0v) is 20.4. The number of hydrogen-bond donors (Lipinski definition) is 0. The highest BCUT2D eigenvalue weighted by molar-refractivity contribution is 9.10. The quantitative estimate of drug-likeness (QED) is 0.417. The van der Waals surface area contributed by atoms with Crippen molar-refractivity contribution in [2.24, 2.45) is 0 Å². The number of fused-ring (bicyclic) bond motifs is 1. The average Bonchev–Trinajstić information content (AvgIpc) is 3.24. The van der Waals surface area contributed by atoms with Crippen molar-refractivity contribution < 1.29 is 28.2 Å². The molecule has 1 aliphatic heterocycles. The number of hydrogen-bond acceptors (Lipinski definition) is 6. The lowest BCUT2D eigenvalue weighted by atomic mass is 10.0. The molecular formula is C21H24BrClFN3O5. The summed E-state index contributed by atoms with van der Waals surface area (Å²) in [6.07, 6.45) is -1.04. The van der Waals surface area contributed by atoms with Gasteiger partial charge in [-0.15, -0.1) is 0 Å². The van der Waals surface area contributed by atoms with Gasteiger partial charge in [0.05, 0.1) is 29.7 Å². The smallest absolute Gasteiger partial charge is 0.411 e. The lowest BCUT2D eigenvalue weighted by Gasteiger charge is -2.29. The normalized spacial score (nSPS) is 19.8. The number of amides is 1. The maximum absolute atomic E-state index is 14.3. The summed E-state index contributed by atoms with van der Waals surface area (Å²) < 4.78 is 26.6. The van der Waals surface area contributed by atoms with Crippen LogP contribution >= 0.6 is 27.5 Å². The van der Waals surface area contributed by atoms with Gasteiger partial charge in [-0.2, -0.15) is 5.10 Å². The van der Waals surface area contributed by atoms with Crippen LogP contribution < -0.4 is 0 Å². The van der Waals surface area contributed by atoms with Gasteiger partial charge in [0.15, 0.2) is 5.78 Å². The van der Waals surface area contributed by atoms with Crippen LogP contribution in [-0.4, -0.2) is 63.5 Å². The molecule has 0 bridgehead atoms. The first-order valence-corrected chi connectivity index (χ1v) is 11.3. The number of alkyl halides is 1. The van der Waals surface area contributed by atoms with Crippen LogP contribution in [0.5, 0.6) is 0 Å². The maximum Gasteiger partial charge on any atom is 0.411 e. The molecule has 2 aromatic rings. The Balaban J connectivity index is 2.00. The summed E-state index contributed by atoms with van der Waals surface area (Å²) in [6.45, 7) is 6.34. The van der Waals surface area contributed by atoms with Crippen LogP contribution in [0, 0.1) is 0 Å². The molecule has 1 aliphatic rings. The lowest BCUT2D eigenvalue weighted by molar-refractivity contribution is -0.152. The molecule has 1 amide bonds. The Morgan fingerprint density at radius 3 is 2.66 bits per heavy atom. The number of rotatable bonds is 5. The third kappa shape index (κ3) is 5.23. The molecule has 1 fully saturated rings. The highest BCUT2D eigenvalue weighted by Gasteiger charge is 2.46. The monoisotopic (exact) mass is 531 g/mol. The fraction of sp³-hybridized carbons (Fsp3) is 0.524. The average molecular weight is 533 g/mol. The van der Waals surface area contributed by atoms with E-state index in [1.807, 2.05) is 0 Å². The van der Waals surface area contributed by atoms with E-state index < -0.39 is 41.7 Å². The molecule has 0 saturated carbocycles. The highest BCUT2D eigenvalue weighted by Crippen LogP contribution is 2.31. The Hall–Kier alpha value is -2.20. The molecule has 2 heterocycles. The molecule has 0 unspecified atom stereocenters. The molecule has 0 radical (unpaired) electrons. The van der Waals surface area contributed by atoms with Gasteiger partial charge in [-0.25, -0.2) is 18.7 Å². The van der Waals surface area contributed by atoms with Crippen molar-refractivity contribution in [2.45, 2.75) is 58.0 Å². The van der Waals surface area contributed by atoms with Gasteiger partial charge in [0.25, 0.3) is 0 Å².